The van der Waals surface area contributed by atoms with Crippen LogP contribution in [-0.2, 0) is 5.88 Å². The Balaban J connectivity index is 2.05. The molecule has 1 unspecified atom stereocenters. The molecule has 0 spiro atoms. The lowest BCUT2D eigenvalue weighted by Crippen LogP contribution is -2.07. The highest BCUT2D eigenvalue weighted by Crippen LogP contribution is 2.35. The fraction of sp³-hybridized carbons (Fsp3) is 0.625. The van der Waals surface area contributed by atoms with Crippen molar-refractivity contribution in [2.45, 2.75) is 11.1 Å². The maximum atomic E-state index is 5.70. The van der Waals surface area contributed by atoms with Crippen LogP contribution >= 0.6 is 35.1 Å². The molecule has 1 fully saturated rings. The predicted octanol–water partition coefficient (Wildman–Crippen LogP) is 2.67. The SMILES string of the molecule is ClCc1cnc(C2CSCCS2)[nH]1. The molecule has 1 N–H and O–H groups in total. The number of rotatable bonds is 2. The number of H-pyrrole nitrogens is 1. The van der Waals surface area contributed by atoms with E-state index in [1.807, 2.05) is 29.7 Å². The highest BCUT2D eigenvalue weighted by Gasteiger charge is 2.18. The lowest BCUT2D eigenvalue weighted by molar-refractivity contribution is 0.960. The zero-order valence-corrected chi connectivity index (χ0v) is 9.51. The first-order valence-electron chi connectivity index (χ1n) is 4.19. The normalized spacial score (nSPS) is 23.3. The maximum Gasteiger partial charge on any atom is 0.120 e. The summed E-state index contributed by atoms with van der Waals surface area (Å²) >= 11 is 9.68. The number of nitrogens with one attached hydrogen (secondary N) is 1. The van der Waals surface area contributed by atoms with Gasteiger partial charge in [0.2, 0.25) is 0 Å². The summed E-state index contributed by atoms with van der Waals surface area (Å²) in [5, 5.41) is 0.538. The molecule has 1 atom stereocenters. The van der Waals surface area contributed by atoms with Crippen molar-refractivity contribution in [3.63, 3.8) is 0 Å². The van der Waals surface area contributed by atoms with Crippen molar-refractivity contribution < 1.29 is 0 Å². The Morgan fingerprint density at radius 1 is 1.62 bits per heavy atom. The molecule has 2 heterocycles. The lowest BCUT2D eigenvalue weighted by atomic mass is 10.4. The van der Waals surface area contributed by atoms with E-state index < -0.39 is 0 Å². The largest absolute Gasteiger partial charge is 0.344 e. The van der Waals surface area contributed by atoms with Gasteiger partial charge in [0.1, 0.15) is 5.82 Å². The van der Waals surface area contributed by atoms with Gasteiger partial charge >= 0.3 is 0 Å². The van der Waals surface area contributed by atoms with E-state index >= 15 is 0 Å². The molecular formula is C8H11ClN2S2. The van der Waals surface area contributed by atoms with Gasteiger partial charge in [-0.05, 0) is 0 Å². The minimum Gasteiger partial charge on any atom is -0.344 e. The van der Waals surface area contributed by atoms with Crippen LogP contribution in [0.25, 0.3) is 0 Å². The Morgan fingerprint density at radius 2 is 2.54 bits per heavy atom. The standard InChI is InChI=1S/C8H11ClN2S2/c9-3-6-4-10-8(11-6)7-5-12-1-2-13-7/h4,7H,1-3,5H2,(H,10,11). The summed E-state index contributed by atoms with van der Waals surface area (Å²) in [6.07, 6.45) is 1.84. The Bertz CT molecular complexity index is 271. The van der Waals surface area contributed by atoms with E-state index in [9.17, 15) is 0 Å². The van der Waals surface area contributed by atoms with Gasteiger partial charge in [-0.1, -0.05) is 0 Å². The van der Waals surface area contributed by atoms with E-state index in [1.54, 1.807) is 0 Å². The van der Waals surface area contributed by atoms with Crippen molar-refractivity contribution >= 4 is 35.1 Å². The molecule has 1 aliphatic heterocycles. The monoisotopic (exact) mass is 234 g/mol. The lowest BCUT2D eigenvalue weighted by Gasteiger charge is -2.18. The number of nitrogens with zero attached hydrogens (tertiary/aromatic N) is 1. The first-order valence-corrected chi connectivity index (χ1v) is 6.93. The molecule has 72 valence electrons. The molecule has 0 bridgehead atoms. The quantitative estimate of drug-likeness (QED) is 0.798. The van der Waals surface area contributed by atoms with Crippen LogP contribution in [0.1, 0.15) is 16.8 Å². The number of thioether (sulfide) groups is 2. The highest BCUT2D eigenvalue weighted by molar-refractivity contribution is 8.06. The third-order valence-corrected chi connectivity index (χ3v) is 4.96. The molecule has 1 aromatic rings. The van der Waals surface area contributed by atoms with Gasteiger partial charge in [0.15, 0.2) is 0 Å². The smallest absolute Gasteiger partial charge is 0.120 e. The van der Waals surface area contributed by atoms with Crippen molar-refractivity contribution in [2.24, 2.45) is 0 Å². The summed E-state index contributed by atoms with van der Waals surface area (Å²) < 4.78 is 0. The summed E-state index contributed by atoms with van der Waals surface area (Å²) in [7, 11) is 0. The molecule has 0 radical (unpaired) electrons. The molecule has 5 heteroatoms. The fourth-order valence-electron chi connectivity index (χ4n) is 1.25. The van der Waals surface area contributed by atoms with Crippen molar-refractivity contribution in [2.75, 3.05) is 17.3 Å². The molecule has 2 rings (SSSR count). The Hall–Kier alpha value is 0.200. The van der Waals surface area contributed by atoms with Crippen LogP contribution < -0.4 is 0 Å². The fourth-order valence-corrected chi connectivity index (χ4v) is 4.02. The Kier molecular flexibility index (Phi) is 3.46. The zero-order chi connectivity index (χ0) is 9.10. The van der Waals surface area contributed by atoms with Gasteiger partial charge in [0.25, 0.3) is 0 Å². The average molecular weight is 235 g/mol. The number of halogens is 1. The van der Waals surface area contributed by atoms with Gasteiger partial charge < -0.3 is 4.98 Å². The second-order valence-corrected chi connectivity index (χ2v) is 5.59. The zero-order valence-electron chi connectivity index (χ0n) is 7.12. The first kappa shape index (κ1) is 9.74. The summed E-state index contributed by atoms with van der Waals surface area (Å²) in [6.45, 7) is 0. The molecule has 1 saturated heterocycles. The summed E-state index contributed by atoms with van der Waals surface area (Å²) in [5.41, 5.74) is 1.02. The van der Waals surface area contributed by atoms with E-state index in [2.05, 4.69) is 9.97 Å². The third-order valence-electron chi connectivity index (χ3n) is 1.91. The number of imidazole rings is 1. The van der Waals surface area contributed by atoms with Crippen LogP contribution in [0.3, 0.4) is 0 Å². The van der Waals surface area contributed by atoms with Crippen LogP contribution in [0.4, 0.5) is 0 Å². The molecule has 0 aliphatic carbocycles. The van der Waals surface area contributed by atoms with E-state index in [1.165, 1.54) is 17.3 Å². The number of aromatic nitrogens is 2. The van der Waals surface area contributed by atoms with Crippen molar-refractivity contribution in [1.82, 2.24) is 9.97 Å². The van der Waals surface area contributed by atoms with Crippen LogP contribution in [0, 0.1) is 0 Å². The molecule has 0 amide bonds. The summed E-state index contributed by atoms with van der Waals surface area (Å²) in [5.74, 6) is 5.28. The molecule has 13 heavy (non-hydrogen) atoms. The van der Waals surface area contributed by atoms with Gasteiger partial charge in [0, 0.05) is 29.1 Å². The van der Waals surface area contributed by atoms with Gasteiger partial charge in [-0.3, -0.25) is 0 Å². The minimum absolute atomic E-state index is 0.525. The molecule has 1 aromatic heterocycles. The van der Waals surface area contributed by atoms with Gasteiger partial charge in [-0.15, -0.1) is 23.4 Å². The Morgan fingerprint density at radius 3 is 3.15 bits per heavy atom. The summed E-state index contributed by atoms with van der Waals surface area (Å²) in [6, 6.07) is 0. The van der Waals surface area contributed by atoms with E-state index in [0.717, 1.165) is 11.5 Å². The average Bonchev–Trinajstić information content (AvgIpc) is 2.67. The summed E-state index contributed by atoms with van der Waals surface area (Å²) in [4.78, 5) is 7.59. The molecule has 2 nitrogen and oxygen atoms in total. The number of aromatic amines is 1. The number of alkyl halides is 1. The van der Waals surface area contributed by atoms with Crippen LogP contribution in [0.15, 0.2) is 6.20 Å². The van der Waals surface area contributed by atoms with E-state index in [-0.39, 0.29) is 0 Å². The minimum atomic E-state index is 0.525. The van der Waals surface area contributed by atoms with Crippen molar-refractivity contribution in [3.8, 4) is 0 Å². The van der Waals surface area contributed by atoms with Crippen molar-refractivity contribution in [3.05, 3.63) is 17.7 Å². The number of hydrogen-bond acceptors (Lipinski definition) is 3. The Labute approximate surface area is 91.2 Å². The van der Waals surface area contributed by atoms with Crippen LogP contribution in [0.5, 0.6) is 0 Å². The molecule has 0 saturated carbocycles. The topological polar surface area (TPSA) is 28.7 Å². The molecular weight excluding hydrogens is 224 g/mol. The predicted molar refractivity (Wildman–Crippen MR) is 60.7 cm³/mol. The number of hydrogen-bond donors (Lipinski definition) is 1. The third kappa shape index (κ3) is 2.36. The van der Waals surface area contributed by atoms with Gasteiger partial charge in [-0.2, -0.15) is 11.8 Å². The first-order chi connectivity index (χ1) is 6.40. The van der Waals surface area contributed by atoms with Crippen molar-refractivity contribution in [1.29, 1.82) is 0 Å². The van der Waals surface area contributed by atoms with E-state index in [0.29, 0.717) is 11.1 Å². The maximum absolute atomic E-state index is 5.70. The van der Waals surface area contributed by atoms with Crippen LogP contribution in [0.2, 0.25) is 0 Å². The van der Waals surface area contributed by atoms with Gasteiger partial charge in [-0.25, -0.2) is 4.98 Å². The van der Waals surface area contributed by atoms with Crippen LogP contribution in [-0.4, -0.2) is 27.2 Å². The molecule has 0 aromatic carbocycles. The van der Waals surface area contributed by atoms with Gasteiger partial charge in [0.05, 0.1) is 11.1 Å². The second kappa shape index (κ2) is 4.62. The highest BCUT2D eigenvalue weighted by atomic mass is 35.5. The van der Waals surface area contributed by atoms with E-state index in [4.69, 9.17) is 11.6 Å². The molecule has 1 aliphatic rings. The second-order valence-electron chi connectivity index (χ2n) is 2.86.